The first-order chi connectivity index (χ1) is 10.6. The van der Waals surface area contributed by atoms with Crippen LogP contribution in [0.25, 0.3) is 16.8 Å². The van der Waals surface area contributed by atoms with Crippen LogP contribution in [0.4, 0.5) is 0 Å². The van der Waals surface area contributed by atoms with Crippen LogP contribution < -0.4 is 17.0 Å². The molecular weight excluding hydrogens is 276 g/mol. The van der Waals surface area contributed by atoms with Gasteiger partial charge in [0.2, 0.25) is 0 Å². The number of carbonyl (C=O) groups excluding carboxylic acids is 1. The van der Waals surface area contributed by atoms with Crippen molar-refractivity contribution in [1.29, 1.82) is 5.26 Å². The van der Waals surface area contributed by atoms with Crippen molar-refractivity contribution in [1.82, 2.24) is 5.43 Å². The smallest absolute Gasteiger partial charge is 0.159 e. The van der Waals surface area contributed by atoms with Gasteiger partial charge in [0.25, 0.3) is 0 Å². The Morgan fingerprint density at radius 1 is 1.09 bits per heavy atom. The van der Waals surface area contributed by atoms with Crippen LogP contribution in [-0.2, 0) is 0 Å². The lowest BCUT2D eigenvalue weighted by atomic mass is 9.99. The molecule has 0 aliphatic heterocycles. The highest BCUT2D eigenvalue weighted by atomic mass is 16.1. The summed E-state index contributed by atoms with van der Waals surface area (Å²) in [4.78, 5) is 11.5. The third-order valence-corrected chi connectivity index (χ3v) is 3.30. The summed E-state index contributed by atoms with van der Waals surface area (Å²) in [7, 11) is 0. The summed E-state index contributed by atoms with van der Waals surface area (Å²) < 4.78 is 0. The molecule has 110 valence electrons. The topological polar surface area (TPSA) is 105 Å². The molecule has 0 aliphatic rings. The number of carbonyl (C=O) groups is 1. The van der Waals surface area contributed by atoms with Gasteiger partial charge in [-0.2, -0.15) is 5.26 Å². The number of Topliss-reactive ketones (excluding diaryl/α,β-unsaturated/α-hetero) is 1. The van der Waals surface area contributed by atoms with E-state index in [9.17, 15) is 4.79 Å². The van der Waals surface area contributed by atoms with Gasteiger partial charge in [-0.15, -0.1) is 0 Å². The number of benzene rings is 2. The molecule has 0 atom stereocenters. The number of hydrogen-bond donors (Lipinski definition) is 3. The Balaban J connectivity index is 2.50. The largest absolute Gasteiger partial charge is 0.396 e. The Bertz CT molecular complexity index is 787. The molecule has 22 heavy (non-hydrogen) atoms. The fourth-order valence-electron chi connectivity index (χ4n) is 2.10. The molecule has 0 spiro atoms. The molecule has 0 heterocycles. The van der Waals surface area contributed by atoms with Crippen LogP contribution in [0.5, 0.6) is 0 Å². The number of rotatable bonds is 4. The van der Waals surface area contributed by atoms with Gasteiger partial charge in [-0.3, -0.25) is 4.79 Å². The first kappa shape index (κ1) is 15.3. The maximum Gasteiger partial charge on any atom is 0.159 e. The van der Waals surface area contributed by atoms with E-state index in [4.69, 9.17) is 16.8 Å². The minimum atomic E-state index is 0.0107. The zero-order valence-electron chi connectivity index (χ0n) is 12.1. The second-order valence-corrected chi connectivity index (χ2v) is 4.76. The Morgan fingerprint density at radius 3 is 2.14 bits per heavy atom. The standard InChI is InChI=1S/C17H16N4O/c1-11(22)12-4-2-5-13(8-12)14-6-3-7-15(9-14)17(19)16(10-18)21-20/h2-9,21H,19-20H2,1H3/b17-16-. The molecule has 2 rings (SSSR count). The van der Waals surface area contributed by atoms with Crippen molar-refractivity contribution in [2.24, 2.45) is 11.6 Å². The van der Waals surface area contributed by atoms with E-state index in [0.29, 0.717) is 11.1 Å². The Morgan fingerprint density at radius 2 is 1.64 bits per heavy atom. The lowest BCUT2D eigenvalue weighted by molar-refractivity contribution is 0.101. The fraction of sp³-hybridized carbons (Fsp3) is 0.0588. The van der Waals surface area contributed by atoms with E-state index in [1.54, 1.807) is 12.1 Å². The highest BCUT2D eigenvalue weighted by molar-refractivity contribution is 5.95. The van der Waals surface area contributed by atoms with Gasteiger partial charge in [0.15, 0.2) is 11.5 Å². The van der Waals surface area contributed by atoms with Crippen LogP contribution in [0.15, 0.2) is 54.2 Å². The van der Waals surface area contributed by atoms with Gasteiger partial charge in [0.05, 0.1) is 5.70 Å². The highest BCUT2D eigenvalue weighted by Crippen LogP contribution is 2.24. The van der Waals surface area contributed by atoms with Gasteiger partial charge in [0, 0.05) is 11.1 Å². The molecule has 0 unspecified atom stereocenters. The lowest BCUT2D eigenvalue weighted by Crippen LogP contribution is -2.23. The average molecular weight is 292 g/mol. The summed E-state index contributed by atoms with van der Waals surface area (Å²) in [5.41, 5.74) is 11.7. The Kier molecular flexibility index (Phi) is 4.57. The predicted octanol–water partition coefficient (Wildman–Crippen LogP) is 2.17. The summed E-state index contributed by atoms with van der Waals surface area (Å²) >= 11 is 0. The van der Waals surface area contributed by atoms with Gasteiger partial charge in [0.1, 0.15) is 6.07 Å². The number of nitriles is 1. The van der Waals surface area contributed by atoms with E-state index >= 15 is 0 Å². The Labute approximate surface area is 128 Å². The number of hydrazine groups is 1. The average Bonchev–Trinajstić information content (AvgIpc) is 2.56. The summed E-state index contributed by atoms with van der Waals surface area (Å²) in [6.07, 6.45) is 0. The fourth-order valence-corrected chi connectivity index (χ4v) is 2.10. The minimum Gasteiger partial charge on any atom is -0.396 e. The van der Waals surface area contributed by atoms with Gasteiger partial charge >= 0.3 is 0 Å². The maximum atomic E-state index is 11.5. The first-order valence-corrected chi connectivity index (χ1v) is 6.65. The van der Waals surface area contributed by atoms with E-state index in [-0.39, 0.29) is 17.2 Å². The van der Waals surface area contributed by atoms with Crippen molar-refractivity contribution < 1.29 is 4.79 Å². The van der Waals surface area contributed by atoms with Crippen LogP contribution in [-0.4, -0.2) is 5.78 Å². The van der Waals surface area contributed by atoms with E-state index in [0.717, 1.165) is 11.1 Å². The highest BCUT2D eigenvalue weighted by Gasteiger charge is 2.07. The molecule has 0 bridgehead atoms. The molecule has 0 fully saturated rings. The van der Waals surface area contributed by atoms with Crippen molar-refractivity contribution in [3.05, 3.63) is 65.4 Å². The number of hydrogen-bond acceptors (Lipinski definition) is 5. The lowest BCUT2D eigenvalue weighted by Gasteiger charge is -2.08. The van der Waals surface area contributed by atoms with Gasteiger partial charge in [-0.1, -0.05) is 36.4 Å². The van der Waals surface area contributed by atoms with E-state index in [2.05, 4.69) is 5.43 Å². The SMILES string of the molecule is CC(=O)c1cccc(-c2cccc(/C(N)=C(\C#N)NN)c2)c1. The van der Waals surface area contributed by atoms with Crippen molar-refractivity contribution in [2.45, 2.75) is 6.92 Å². The third kappa shape index (κ3) is 3.14. The van der Waals surface area contributed by atoms with E-state index in [1.807, 2.05) is 42.5 Å². The zero-order chi connectivity index (χ0) is 16.1. The van der Waals surface area contributed by atoms with Crippen molar-refractivity contribution in [2.75, 3.05) is 0 Å². The van der Waals surface area contributed by atoms with Crippen LogP contribution in [0.2, 0.25) is 0 Å². The predicted molar refractivity (Wildman–Crippen MR) is 85.9 cm³/mol. The summed E-state index contributed by atoms with van der Waals surface area (Å²) in [5, 5.41) is 8.97. The maximum absolute atomic E-state index is 11.5. The van der Waals surface area contributed by atoms with Gasteiger partial charge in [-0.05, 0) is 30.2 Å². The molecule has 2 aromatic rings. The number of nitrogens with zero attached hydrogens (tertiary/aromatic N) is 1. The monoisotopic (exact) mass is 292 g/mol. The number of allylic oxidation sites excluding steroid dienone is 1. The van der Waals surface area contributed by atoms with Crippen molar-refractivity contribution >= 4 is 11.5 Å². The van der Waals surface area contributed by atoms with Crippen molar-refractivity contribution in [3.8, 4) is 17.2 Å². The molecule has 5 heteroatoms. The number of nitrogens with one attached hydrogen (secondary N) is 1. The molecular formula is C17H16N4O. The number of nitrogens with two attached hydrogens (primary N) is 2. The third-order valence-electron chi connectivity index (χ3n) is 3.30. The van der Waals surface area contributed by atoms with Crippen molar-refractivity contribution in [3.63, 3.8) is 0 Å². The Hall–Kier alpha value is -3.10. The second kappa shape index (κ2) is 6.57. The van der Waals surface area contributed by atoms with Crippen LogP contribution in [0, 0.1) is 11.3 Å². The molecule has 0 saturated carbocycles. The summed E-state index contributed by atoms with van der Waals surface area (Å²) in [5.74, 6) is 5.29. The number of ketones is 1. The van der Waals surface area contributed by atoms with E-state index < -0.39 is 0 Å². The normalized spacial score (nSPS) is 11.3. The van der Waals surface area contributed by atoms with Gasteiger partial charge < -0.3 is 11.2 Å². The molecule has 5 N–H and O–H groups in total. The molecule has 0 aromatic heterocycles. The van der Waals surface area contributed by atoms with E-state index in [1.165, 1.54) is 6.92 Å². The molecule has 2 aromatic carbocycles. The molecule has 5 nitrogen and oxygen atoms in total. The van der Waals surface area contributed by atoms with Crippen LogP contribution in [0.3, 0.4) is 0 Å². The molecule has 0 amide bonds. The minimum absolute atomic E-state index is 0.0107. The summed E-state index contributed by atoms with van der Waals surface area (Å²) in [6, 6.07) is 16.7. The quantitative estimate of drug-likeness (QED) is 0.346. The molecule has 0 aliphatic carbocycles. The van der Waals surface area contributed by atoms with Crippen LogP contribution in [0.1, 0.15) is 22.8 Å². The second-order valence-electron chi connectivity index (χ2n) is 4.76. The molecule has 0 radical (unpaired) electrons. The molecule has 0 saturated heterocycles. The zero-order valence-corrected chi connectivity index (χ0v) is 12.1. The van der Waals surface area contributed by atoms with Gasteiger partial charge in [-0.25, -0.2) is 5.84 Å². The van der Waals surface area contributed by atoms with Crippen LogP contribution >= 0.6 is 0 Å². The summed E-state index contributed by atoms with van der Waals surface area (Å²) in [6.45, 7) is 1.53. The first-order valence-electron chi connectivity index (χ1n) is 6.65.